The number of hydrogen-bond acceptors (Lipinski definition) is 3. The van der Waals surface area contributed by atoms with Crippen LogP contribution in [0, 0.1) is 0 Å². The third-order valence-electron chi connectivity index (χ3n) is 9.24. The summed E-state index contributed by atoms with van der Waals surface area (Å²) in [5.41, 5.74) is 0. The van der Waals surface area contributed by atoms with Crippen molar-refractivity contribution in [2.24, 2.45) is 0 Å². The van der Waals surface area contributed by atoms with Crippen molar-refractivity contribution in [3.05, 3.63) is 48.6 Å². The molecule has 0 radical (unpaired) electrons. The molecule has 0 saturated carbocycles. The summed E-state index contributed by atoms with van der Waals surface area (Å²) >= 11 is 0. The Morgan fingerprint density at radius 1 is 0.479 bits per heavy atom. The lowest BCUT2D eigenvalue weighted by atomic mass is 10.0. The minimum atomic E-state index is 0.0323. The van der Waals surface area contributed by atoms with Crippen molar-refractivity contribution in [2.45, 2.75) is 213 Å². The first-order chi connectivity index (χ1) is 23.6. The van der Waals surface area contributed by atoms with Crippen LogP contribution >= 0.6 is 0 Å². The lowest BCUT2D eigenvalue weighted by Gasteiger charge is -2.18. The van der Waals surface area contributed by atoms with Crippen molar-refractivity contribution in [3.63, 3.8) is 0 Å². The molecule has 0 aliphatic heterocycles. The molecule has 3 nitrogen and oxygen atoms in total. The van der Waals surface area contributed by atoms with Crippen LogP contribution in [0.25, 0.3) is 0 Å². The molecule has 0 aromatic heterocycles. The summed E-state index contributed by atoms with van der Waals surface area (Å²) in [6.45, 7) is 5.62. The van der Waals surface area contributed by atoms with E-state index in [1.807, 2.05) is 0 Å². The number of ether oxygens (including phenoxy) is 1. The molecule has 0 fully saturated rings. The first kappa shape index (κ1) is 46.4. The van der Waals surface area contributed by atoms with Gasteiger partial charge in [-0.15, -0.1) is 0 Å². The summed E-state index contributed by atoms with van der Waals surface area (Å²) in [6, 6.07) is 0. The minimum absolute atomic E-state index is 0.0323. The number of rotatable bonds is 37. The van der Waals surface area contributed by atoms with Crippen LogP contribution in [-0.4, -0.2) is 37.6 Å². The second kappa shape index (κ2) is 39.8. The van der Waals surface area contributed by atoms with Gasteiger partial charge >= 0.3 is 5.97 Å². The summed E-state index contributed by atoms with van der Waals surface area (Å²) in [6.07, 6.45) is 55.2. The molecule has 0 aromatic rings. The van der Waals surface area contributed by atoms with Crippen LogP contribution in [-0.2, 0) is 9.53 Å². The highest BCUT2D eigenvalue weighted by Gasteiger charge is 2.14. The van der Waals surface area contributed by atoms with Crippen molar-refractivity contribution in [3.8, 4) is 0 Å². The van der Waals surface area contributed by atoms with Gasteiger partial charge in [0.15, 0.2) is 0 Å². The molecular formula is C45H83NO2. The third-order valence-corrected chi connectivity index (χ3v) is 9.24. The maximum atomic E-state index is 12.6. The van der Waals surface area contributed by atoms with Crippen molar-refractivity contribution in [1.82, 2.24) is 4.90 Å². The van der Waals surface area contributed by atoms with Crippen molar-refractivity contribution >= 4 is 5.97 Å². The predicted molar refractivity (Wildman–Crippen MR) is 215 cm³/mol. The van der Waals surface area contributed by atoms with Crippen LogP contribution in [0.1, 0.15) is 206 Å². The zero-order valence-electron chi connectivity index (χ0n) is 32.9. The smallest absolute Gasteiger partial charge is 0.306 e. The molecular weight excluding hydrogens is 587 g/mol. The highest BCUT2D eigenvalue weighted by Crippen LogP contribution is 2.18. The van der Waals surface area contributed by atoms with E-state index in [-0.39, 0.29) is 12.1 Å². The van der Waals surface area contributed by atoms with Crippen LogP contribution in [0.4, 0.5) is 0 Å². The first-order valence-corrected chi connectivity index (χ1v) is 21.0. The molecule has 0 spiro atoms. The molecule has 0 N–H and O–H groups in total. The van der Waals surface area contributed by atoms with Gasteiger partial charge in [0.1, 0.15) is 6.10 Å². The molecule has 48 heavy (non-hydrogen) atoms. The highest BCUT2D eigenvalue weighted by atomic mass is 16.5. The van der Waals surface area contributed by atoms with Crippen molar-refractivity contribution in [1.29, 1.82) is 0 Å². The SMILES string of the molecule is CCCCC/C=C\C/C=C\CCCCCCCCC(CCCCCCCC/C=C\C/C=C\CCCCC)OC(=O)CCCCCN(C)C. The summed E-state index contributed by atoms with van der Waals surface area (Å²) in [5, 5.41) is 0. The first-order valence-electron chi connectivity index (χ1n) is 21.0. The highest BCUT2D eigenvalue weighted by molar-refractivity contribution is 5.69. The van der Waals surface area contributed by atoms with Gasteiger partial charge in [-0.1, -0.05) is 146 Å². The van der Waals surface area contributed by atoms with Gasteiger partial charge in [-0.05, 0) is 123 Å². The Hall–Kier alpha value is -1.61. The van der Waals surface area contributed by atoms with Crippen LogP contribution < -0.4 is 0 Å². The zero-order chi connectivity index (χ0) is 35.0. The molecule has 0 bridgehead atoms. The van der Waals surface area contributed by atoms with E-state index in [0.717, 1.165) is 51.5 Å². The van der Waals surface area contributed by atoms with E-state index in [2.05, 4.69) is 81.5 Å². The predicted octanol–water partition coefficient (Wildman–Crippen LogP) is 14.4. The fraction of sp³-hybridized carbons (Fsp3) is 0.800. The van der Waals surface area contributed by atoms with E-state index in [9.17, 15) is 4.79 Å². The summed E-state index contributed by atoms with van der Waals surface area (Å²) in [7, 11) is 4.22. The van der Waals surface area contributed by atoms with Gasteiger partial charge in [0, 0.05) is 6.42 Å². The van der Waals surface area contributed by atoms with Gasteiger partial charge in [0.25, 0.3) is 0 Å². The van der Waals surface area contributed by atoms with Crippen LogP contribution in [0.5, 0.6) is 0 Å². The fourth-order valence-corrected chi connectivity index (χ4v) is 6.10. The minimum Gasteiger partial charge on any atom is -0.462 e. The number of nitrogens with zero attached hydrogens (tertiary/aromatic N) is 1. The molecule has 0 aliphatic carbocycles. The fourth-order valence-electron chi connectivity index (χ4n) is 6.10. The Balaban J connectivity index is 4.10. The Kier molecular flexibility index (Phi) is 38.5. The molecule has 0 amide bonds. The van der Waals surface area contributed by atoms with E-state index in [4.69, 9.17) is 4.74 Å². The lowest BCUT2D eigenvalue weighted by molar-refractivity contribution is -0.150. The van der Waals surface area contributed by atoms with Gasteiger partial charge in [-0.25, -0.2) is 0 Å². The molecule has 0 saturated heterocycles. The monoisotopic (exact) mass is 670 g/mol. The zero-order valence-corrected chi connectivity index (χ0v) is 32.9. The quantitative estimate of drug-likeness (QED) is 0.0374. The number of allylic oxidation sites excluding steroid dienone is 8. The number of unbranched alkanes of at least 4 members (excludes halogenated alkanes) is 20. The average Bonchev–Trinajstić information content (AvgIpc) is 3.07. The topological polar surface area (TPSA) is 29.5 Å². The number of esters is 1. The summed E-state index contributed by atoms with van der Waals surface area (Å²) < 4.78 is 6.05. The molecule has 0 aliphatic rings. The molecule has 0 unspecified atom stereocenters. The molecule has 0 atom stereocenters. The van der Waals surface area contributed by atoms with Gasteiger partial charge in [-0.3, -0.25) is 4.79 Å². The van der Waals surface area contributed by atoms with Crippen molar-refractivity contribution in [2.75, 3.05) is 20.6 Å². The second-order valence-corrected chi connectivity index (χ2v) is 14.5. The van der Waals surface area contributed by atoms with Crippen LogP contribution in [0.2, 0.25) is 0 Å². The molecule has 3 heteroatoms. The Bertz CT molecular complexity index is 717. The largest absolute Gasteiger partial charge is 0.462 e. The number of carbonyl (C=O) groups excluding carboxylic acids is 1. The Morgan fingerprint density at radius 3 is 1.27 bits per heavy atom. The van der Waals surface area contributed by atoms with Gasteiger partial charge in [-0.2, -0.15) is 0 Å². The Labute approximate surface area is 301 Å². The molecule has 0 rings (SSSR count). The van der Waals surface area contributed by atoms with Crippen LogP contribution in [0.3, 0.4) is 0 Å². The maximum Gasteiger partial charge on any atom is 0.306 e. The van der Waals surface area contributed by atoms with E-state index < -0.39 is 0 Å². The van der Waals surface area contributed by atoms with Gasteiger partial charge in [0.2, 0.25) is 0 Å². The Morgan fingerprint density at radius 2 is 0.854 bits per heavy atom. The number of hydrogen-bond donors (Lipinski definition) is 0. The summed E-state index contributed by atoms with van der Waals surface area (Å²) in [4.78, 5) is 14.9. The van der Waals surface area contributed by atoms with Crippen LogP contribution in [0.15, 0.2) is 48.6 Å². The standard InChI is InChI=1S/C45H83NO2/c1-5-7-9-11-13-15-17-19-21-23-25-27-29-31-33-36-40-44(48-45(47)42-38-35-39-43-46(3)4)41-37-34-32-30-28-26-24-22-20-18-16-14-12-10-8-6-2/h13-16,19-22,44H,5-12,17-18,23-43H2,1-4H3/b15-13-,16-14-,21-19-,22-20-. The van der Waals surface area contributed by atoms with Gasteiger partial charge < -0.3 is 9.64 Å². The van der Waals surface area contributed by atoms with Crippen molar-refractivity contribution < 1.29 is 9.53 Å². The molecule has 280 valence electrons. The number of carbonyl (C=O) groups is 1. The van der Waals surface area contributed by atoms with E-state index >= 15 is 0 Å². The van der Waals surface area contributed by atoms with E-state index in [1.54, 1.807) is 0 Å². The summed E-state index contributed by atoms with van der Waals surface area (Å²) in [5.74, 6) is 0.0323. The maximum absolute atomic E-state index is 12.6. The average molecular weight is 670 g/mol. The van der Waals surface area contributed by atoms with E-state index in [1.165, 1.54) is 141 Å². The van der Waals surface area contributed by atoms with E-state index in [0.29, 0.717) is 6.42 Å². The molecule has 0 heterocycles. The third kappa shape index (κ3) is 38.8. The second-order valence-electron chi connectivity index (χ2n) is 14.5. The normalized spacial score (nSPS) is 12.4. The lowest BCUT2D eigenvalue weighted by Crippen LogP contribution is -2.18. The van der Waals surface area contributed by atoms with Gasteiger partial charge in [0.05, 0.1) is 0 Å². The molecule has 0 aromatic carbocycles.